The molecule has 2 aromatic carbocycles. The Morgan fingerprint density at radius 3 is 2.62 bits per heavy atom. The van der Waals surface area contributed by atoms with Gasteiger partial charge < -0.3 is 19.5 Å². The van der Waals surface area contributed by atoms with Crippen LogP contribution in [0.15, 0.2) is 41.4 Å². The van der Waals surface area contributed by atoms with E-state index in [0.717, 1.165) is 42.3 Å². The van der Waals surface area contributed by atoms with Gasteiger partial charge in [-0.3, -0.25) is 0 Å². The van der Waals surface area contributed by atoms with Crippen molar-refractivity contribution in [3.63, 3.8) is 0 Å². The Kier molecular flexibility index (Phi) is 5.76. The minimum Gasteiger partial charge on any atom is -0.493 e. The zero-order valence-electron chi connectivity index (χ0n) is 17.7. The van der Waals surface area contributed by atoms with E-state index in [4.69, 9.17) is 19.2 Å². The number of aliphatic imine (C=N–C) groups is 1. The van der Waals surface area contributed by atoms with Gasteiger partial charge in [-0.05, 0) is 60.2 Å². The van der Waals surface area contributed by atoms with E-state index < -0.39 is 0 Å². The molecule has 29 heavy (non-hydrogen) atoms. The van der Waals surface area contributed by atoms with Gasteiger partial charge in [-0.1, -0.05) is 32.0 Å². The molecule has 0 radical (unpaired) electrons. The maximum atomic E-state index is 5.97. The van der Waals surface area contributed by atoms with Gasteiger partial charge >= 0.3 is 0 Å². The Labute approximate surface area is 173 Å². The first-order valence-electron chi connectivity index (χ1n) is 10.4. The molecule has 1 N–H and O–H groups in total. The summed E-state index contributed by atoms with van der Waals surface area (Å²) in [4.78, 5) is 4.84. The van der Waals surface area contributed by atoms with E-state index in [1.807, 2.05) is 0 Å². The van der Waals surface area contributed by atoms with E-state index in [1.54, 1.807) is 14.2 Å². The number of hydrogen-bond acceptors (Lipinski definition) is 5. The molecular weight excluding hydrogens is 364 g/mol. The predicted molar refractivity (Wildman–Crippen MR) is 115 cm³/mol. The monoisotopic (exact) mass is 394 g/mol. The van der Waals surface area contributed by atoms with Crippen molar-refractivity contribution in [3.05, 3.63) is 58.7 Å². The van der Waals surface area contributed by atoms with E-state index in [2.05, 4.69) is 55.6 Å². The minimum absolute atomic E-state index is 0.211. The van der Waals surface area contributed by atoms with E-state index in [9.17, 15) is 0 Å². The molecule has 0 saturated heterocycles. The molecule has 0 spiro atoms. The molecule has 0 aliphatic carbocycles. The number of fused-ring (bicyclic) bond motifs is 1. The number of hydrogen-bond donors (Lipinski definition) is 1. The summed E-state index contributed by atoms with van der Waals surface area (Å²) in [6.45, 7) is 6.00. The third kappa shape index (κ3) is 3.97. The molecule has 2 heterocycles. The average molecular weight is 395 g/mol. The number of nitrogens with zero attached hydrogens (tertiary/aromatic N) is 1. The van der Waals surface area contributed by atoms with Crippen molar-refractivity contribution in [2.75, 3.05) is 27.4 Å². The first-order valence-corrected chi connectivity index (χ1v) is 10.4. The molecule has 5 nitrogen and oxygen atoms in total. The summed E-state index contributed by atoms with van der Waals surface area (Å²) in [6.07, 6.45) is 1.85. The van der Waals surface area contributed by atoms with Crippen molar-refractivity contribution in [1.29, 1.82) is 0 Å². The summed E-state index contributed by atoms with van der Waals surface area (Å²) in [5.74, 6) is 2.83. The highest BCUT2D eigenvalue weighted by atomic mass is 16.5. The molecule has 0 bridgehead atoms. The van der Waals surface area contributed by atoms with Gasteiger partial charge in [0, 0.05) is 11.6 Å². The standard InChI is InChI=1S/C24H30N2O3/c1-15(2)21-14-29-24(26-21)18-8-6-5-7-16(18)11-20-19-13-23(28-4)22(27-3)12-17(19)9-10-25-20/h5-8,12-13,15,20-21,25H,9-11,14H2,1-4H3/t20-,21+/m0/s1. The van der Waals surface area contributed by atoms with Gasteiger partial charge in [0.25, 0.3) is 0 Å². The van der Waals surface area contributed by atoms with Gasteiger partial charge in [-0.2, -0.15) is 0 Å². The topological polar surface area (TPSA) is 52.1 Å². The maximum Gasteiger partial charge on any atom is 0.216 e. The smallest absolute Gasteiger partial charge is 0.216 e. The summed E-state index contributed by atoms with van der Waals surface area (Å²) in [7, 11) is 3.37. The number of methoxy groups -OCH3 is 2. The molecular formula is C24H30N2O3. The Hall–Kier alpha value is -2.53. The fourth-order valence-electron chi connectivity index (χ4n) is 4.16. The third-order valence-electron chi connectivity index (χ3n) is 5.92. The van der Waals surface area contributed by atoms with Crippen molar-refractivity contribution < 1.29 is 14.2 Å². The van der Waals surface area contributed by atoms with Gasteiger partial charge in [0.1, 0.15) is 6.61 Å². The average Bonchev–Trinajstić information content (AvgIpc) is 3.24. The zero-order valence-corrected chi connectivity index (χ0v) is 17.7. The van der Waals surface area contributed by atoms with Gasteiger partial charge in [-0.25, -0.2) is 4.99 Å². The largest absolute Gasteiger partial charge is 0.493 e. The van der Waals surface area contributed by atoms with Crippen LogP contribution in [0, 0.1) is 5.92 Å². The van der Waals surface area contributed by atoms with Crippen LogP contribution >= 0.6 is 0 Å². The number of rotatable bonds is 6. The van der Waals surface area contributed by atoms with Crippen LogP contribution in [-0.2, 0) is 17.6 Å². The Balaban J connectivity index is 1.65. The SMILES string of the molecule is COc1cc2c(cc1OC)[C@H](Cc1ccccc1C1=N[C@@H](C(C)C)CO1)NCC2. The van der Waals surface area contributed by atoms with Gasteiger partial charge in [0.2, 0.25) is 5.90 Å². The van der Waals surface area contributed by atoms with Crippen LogP contribution in [0.2, 0.25) is 0 Å². The van der Waals surface area contributed by atoms with Gasteiger partial charge in [0.15, 0.2) is 11.5 Å². The molecule has 5 heteroatoms. The summed E-state index contributed by atoms with van der Waals surface area (Å²) in [5, 5.41) is 3.68. The quantitative estimate of drug-likeness (QED) is 0.806. The number of benzene rings is 2. The number of nitrogens with one attached hydrogen (secondary N) is 1. The second kappa shape index (κ2) is 8.46. The molecule has 4 rings (SSSR count). The summed E-state index contributed by atoms with van der Waals surface area (Å²) in [6, 6.07) is 13.1. The summed E-state index contributed by atoms with van der Waals surface area (Å²) >= 11 is 0. The third-order valence-corrected chi connectivity index (χ3v) is 5.92. The van der Waals surface area contributed by atoms with Crippen LogP contribution < -0.4 is 14.8 Å². The maximum absolute atomic E-state index is 5.97. The molecule has 2 aromatic rings. The highest BCUT2D eigenvalue weighted by Gasteiger charge is 2.27. The van der Waals surface area contributed by atoms with Crippen LogP contribution in [0.3, 0.4) is 0 Å². The van der Waals surface area contributed by atoms with Crippen LogP contribution in [-0.4, -0.2) is 39.3 Å². The van der Waals surface area contributed by atoms with Crippen molar-refractivity contribution >= 4 is 5.90 Å². The van der Waals surface area contributed by atoms with Crippen molar-refractivity contribution in [3.8, 4) is 11.5 Å². The molecule has 0 unspecified atom stereocenters. The lowest BCUT2D eigenvalue weighted by Gasteiger charge is -2.29. The van der Waals surface area contributed by atoms with Gasteiger partial charge in [-0.15, -0.1) is 0 Å². The van der Waals surface area contributed by atoms with Gasteiger partial charge in [0.05, 0.1) is 20.3 Å². The molecule has 2 aliphatic rings. The van der Waals surface area contributed by atoms with Crippen molar-refractivity contribution in [1.82, 2.24) is 5.32 Å². The predicted octanol–water partition coefficient (Wildman–Crippen LogP) is 3.93. The summed E-state index contributed by atoms with van der Waals surface area (Å²) in [5.41, 5.74) is 4.94. The molecule has 0 aromatic heterocycles. The first kappa shape index (κ1) is 19.8. The zero-order chi connectivity index (χ0) is 20.4. The first-order chi connectivity index (χ1) is 14.1. The van der Waals surface area contributed by atoms with Crippen molar-refractivity contribution in [2.24, 2.45) is 10.9 Å². The van der Waals surface area contributed by atoms with Crippen LogP contribution in [0.1, 0.15) is 42.1 Å². The molecule has 2 atom stereocenters. The molecule has 0 fully saturated rings. The molecule has 0 saturated carbocycles. The lowest BCUT2D eigenvalue weighted by molar-refractivity contribution is 0.291. The summed E-state index contributed by atoms with van der Waals surface area (Å²) < 4.78 is 17.0. The van der Waals surface area contributed by atoms with Crippen LogP contribution in [0.25, 0.3) is 0 Å². The normalized spacial score (nSPS) is 20.8. The highest BCUT2D eigenvalue weighted by molar-refractivity contribution is 5.96. The Bertz CT molecular complexity index is 907. The second-order valence-electron chi connectivity index (χ2n) is 8.08. The molecule has 154 valence electrons. The minimum atomic E-state index is 0.211. The highest BCUT2D eigenvalue weighted by Crippen LogP contribution is 2.36. The lowest BCUT2D eigenvalue weighted by Crippen LogP contribution is -2.31. The fraction of sp³-hybridized carbons (Fsp3) is 0.458. The van der Waals surface area contributed by atoms with E-state index in [0.29, 0.717) is 12.5 Å². The van der Waals surface area contributed by atoms with Crippen LogP contribution in [0.5, 0.6) is 11.5 Å². The van der Waals surface area contributed by atoms with E-state index in [1.165, 1.54) is 16.7 Å². The second-order valence-corrected chi connectivity index (χ2v) is 8.08. The van der Waals surface area contributed by atoms with E-state index >= 15 is 0 Å². The molecule has 0 amide bonds. The van der Waals surface area contributed by atoms with Crippen molar-refractivity contribution in [2.45, 2.75) is 38.8 Å². The molecule has 2 aliphatic heterocycles. The Morgan fingerprint density at radius 1 is 1.14 bits per heavy atom. The van der Waals surface area contributed by atoms with Crippen LogP contribution in [0.4, 0.5) is 0 Å². The lowest BCUT2D eigenvalue weighted by atomic mass is 9.88. The van der Waals surface area contributed by atoms with E-state index in [-0.39, 0.29) is 12.1 Å². The number of ether oxygens (including phenoxy) is 3. The fourth-order valence-corrected chi connectivity index (χ4v) is 4.16. The Morgan fingerprint density at radius 2 is 1.90 bits per heavy atom.